The molecule has 5 heterocycles. The Kier molecular flexibility index (Phi) is 5.20. The Labute approximate surface area is 185 Å². The van der Waals surface area contributed by atoms with E-state index in [0.717, 1.165) is 62.4 Å². The van der Waals surface area contributed by atoms with Crippen molar-refractivity contribution in [2.24, 2.45) is 5.41 Å². The summed E-state index contributed by atoms with van der Waals surface area (Å²) in [6.45, 7) is 7.20. The minimum atomic E-state index is -0.312. The van der Waals surface area contributed by atoms with E-state index < -0.39 is 0 Å². The van der Waals surface area contributed by atoms with E-state index >= 15 is 0 Å². The van der Waals surface area contributed by atoms with Crippen LogP contribution in [0.5, 0.6) is 0 Å². The first-order valence-electron chi connectivity index (χ1n) is 10.9. The van der Waals surface area contributed by atoms with Crippen molar-refractivity contribution in [1.82, 2.24) is 40.0 Å². The maximum atomic E-state index is 13.3. The smallest absolute Gasteiger partial charge is 0.336 e. The summed E-state index contributed by atoms with van der Waals surface area (Å²) in [6, 6.07) is 0. The molecule has 3 aliphatic heterocycles. The number of hydrogen-bond acceptors (Lipinski definition) is 9. The van der Waals surface area contributed by atoms with Crippen LogP contribution in [-0.4, -0.2) is 84.6 Å². The van der Waals surface area contributed by atoms with Gasteiger partial charge in [-0.25, -0.2) is 9.78 Å². The van der Waals surface area contributed by atoms with Crippen LogP contribution < -0.4 is 0 Å². The number of amides is 1. The quantitative estimate of drug-likeness (QED) is 0.613. The van der Waals surface area contributed by atoms with Gasteiger partial charge >= 0.3 is 5.97 Å². The predicted molar refractivity (Wildman–Crippen MR) is 111 cm³/mol. The van der Waals surface area contributed by atoms with Gasteiger partial charge in [-0.1, -0.05) is 0 Å². The van der Waals surface area contributed by atoms with Crippen molar-refractivity contribution in [3.8, 4) is 5.82 Å². The van der Waals surface area contributed by atoms with Crippen molar-refractivity contribution in [3.05, 3.63) is 35.2 Å². The average Bonchev–Trinajstić information content (AvgIpc) is 3.52. The number of aromatic nitrogens is 6. The van der Waals surface area contributed by atoms with Crippen molar-refractivity contribution in [1.29, 1.82) is 0 Å². The second-order valence-corrected chi connectivity index (χ2v) is 8.74. The summed E-state index contributed by atoms with van der Waals surface area (Å²) in [5.74, 6) is 0.442. The van der Waals surface area contributed by atoms with Crippen LogP contribution in [0.3, 0.4) is 0 Å². The van der Waals surface area contributed by atoms with E-state index in [-0.39, 0.29) is 23.9 Å². The van der Waals surface area contributed by atoms with Gasteiger partial charge in [-0.3, -0.25) is 9.78 Å². The van der Waals surface area contributed by atoms with Crippen molar-refractivity contribution in [2.75, 3.05) is 32.8 Å². The minimum absolute atomic E-state index is 0.157. The highest BCUT2D eigenvalue weighted by Gasteiger charge is 2.49. The number of piperidine rings is 1. The Hall–Kier alpha value is -3.21. The molecule has 0 radical (unpaired) electrons. The van der Waals surface area contributed by atoms with Crippen LogP contribution in [-0.2, 0) is 20.7 Å². The van der Waals surface area contributed by atoms with Gasteiger partial charge in [0.05, 0.1) is 34.3 Å². The second-order valence-electron chi connectivity index (χ2n) is 8.74. The van der Waals surface area contributed by atoms with Gasteiger partial charge in [0, 0.05) is 19.5 Å². The maximum Gasteiger partial charge on any atom is 0.336 e. The molecule has 2 saturated heterocycles. The zero-order valence-electron chi connectivity index (χ0n) is 18.3. The molecule has 2 aromatic rings. The third-order valence-corrected chi connectivity index (χ3v) is 7.02. The van der Waals surface area contributed by atoms with E-state index in [0.29, 0.717) is 17.9 Å². The molecule has 11 nitrogen and oxygen atoms in total. The lowest BCUT2D eigenvalue weighted by Crippen LogP contribution is -2.45. The molecule has 0 bridgehead atoms. The highest BCUT2D eigenvalue weighted by Crippen LogP contribution is 2.43. The fraction of sp³-hybridized carbons (Fsp3) is 0.571. The normalized spacial score (nSPS) is 21.1. The van der Waals surface area contributed by atoms with Crippen LogP contribution in [0.1, 0.15) is 37.6 Å². The topological polar surface area (TPSA) is 119 Å². The van der Waals surface area contributed by atoms with Crippen LogP contribution in [0, 0.1) is 12.3 Å². The van der Waals surface area contributed by atoms with Gasteiger partial charge < -0.3 is 14.5 Å². The van der Waals surface area contributed by atoms with Crippen molar-refractivity contribution < 1.29 is 14.3 Å². The zero-order chi connectivity index (χ0) is 22.3. The molecular formula is C21H26N8O3. The van der Waals surface area contributed by atoms with Gasteiger partial charge in [0.25, 0.3) is 0 Å². The molecule has 2 aromatic heterocycles. The Bertz CT molecular complexity index is 1070. The first kappa shape index (κ1) is 20.7. The van der Waals surface area contributed by atoms with E-state index in [1.165, 1.54) is 11.0 Å². The summed E-state index contributed by atoms with van der Waals surface area (Å²) in [5, 5.41) is 11.1. The van der Waals surface area contributed by atoms with Gasteiger partial charge in [-0.2, -0.15) is 4.68 Å². The van der Waals surface area contributed by atoms with Crippen LogP contribution in [0.2, 0.25) is 0 Å². The second kappa shape index (κ2) is 8.05. The molecule has 11 heteroatoms. The lowest BCUT2D eigenvalue weighted by molar-refractivity contribution is -0.138. The third kappa shape index (κ3) is 3.56. The van der Waals surface area contributed by atoms with E-state index in [1.807, 2.05) is 6.92 Å². The summed E-state index contributed by atoms with van der Waals surface area (Å²) in [7, 11) is 0. The number of cyclic esters (lactones) is 1. The van der Waals surface area contributed by atoms with E-state index in [2.05, 4.69) is 30.4 Å². The van der Waals surface area contributed by atoms with Gasteiger partial charge in [0.15, 0.2) is 5.82 Å². The van der Waals surface area contributed by atoms with Crippen molar-refractivity contribution in [2.45, 2.75) is 39.5 Å². The molecule has 0 atom stereocenters. The fourth-order valence-corrected chi connectivity index (χ4v) is 4.88. The van der Waals surface area contributed by atoms with E-state index in [4.69, 9.17) is 4.74 Å². The summed E-state index contributed by atoms with van der Waals surface area (Å²) >= 11 is 0. The summed E-state index contributed by atoms with van der Waals surface area (Å²) < 4.78 is 6.59. The number of hydrogen-bond donors (Lipinski definition) is 0. The number of rotatable bonds is 5. The van der Waals surface area contributed by atoms with Crippen LogP contribution >= 0.6 is 0 Å². The first-order valence-corrected chi connectivity index (χ1v) is 10.9. The standard InChI is InChI=1S/C21H26N8O3/c1-14-17(12-32-19(14)30)28-10-6-21(20(28)31)4-8-27(9-5-21)7-3-16-15(2)24-18(11-22-16)29-13-23-25-26-29/h11,13H,3-10,12H2,1-2H3. The molecular weight excluding hydrogens is 412 g/mol. The van der Waals surface area contributed by atoms with E-state index in [1.54, 1.807) is 18.0 Å². The molecule has 32 heavy (non-hydrogen) atoms. The molecule has 0 saturated carbocycles. The van der Waals surface area contributed by atoms with Gasteiger partial charge in [-0.05, 0) is 56.6 Å². The highest BCUT2D eigenvalue weighted by atomic mass is 16.5. The molecule has 1 amide bonds. The third-order valence-electron chi connectivity index (χ3n) is 7.02. The van der Waals surface area contributed by atoms with Crippen molar-refractivity contribution in [3.63, 3.8) is 0 Å². The number of aryl methyl sites for hydroxylation is 1. The number of carbonyl (C=O) groups excluding carboxylic acids is 2. The summed E-state index contributed by atoms with van der Waals surface area (Å²) in [5.41, 5.74) is 2.83. The Morgan fingerprint density at radius 1 is 1.12 bits per heavy atom. The SMILES string of the molecule is CC1=C(N2CCC3(CCN(CCc4ncc(-n5cnnn5)nc4C)CC3)C2=O)COC1=O. The largest absolute Gasteiger partial charge is 0.456 e. The van der Waals surface area contributed by atoms with Gasteiger partial charge in [0.1, 0.15) is 12.9 Å². The first-order chi connectivity index (χ1) is 15.5. The monoisotopic (exact) mass is 438 g/mol. The Morgan fingerprint density at radius 3 is 2.56 bits per heavy atom. The molecule has 0 N–H and O–H groups in total. The lowest BCUT2D eigenvalue weighted by Gasteiger charge is -2.38. The molecule has 0 aromatic carbocycles. The van der Waals surface area contributed by atoms with E-state index in [9.17, 15) is 9.59 Å². The predicted octanol–water partition coefficient (Wildman–Crippen LogP) is 0.449. The fourth-order valence-electron chi connectivity index (χ4n) is 4.88. The Morgan fingerprint density at radius 2 is 1.91 bits per heavy atom. The number of tetrazole rings is 1. The van der Waals surface area contributed by atoms with Gasteiger partial charge in [0.2, 0.25) is 5.91 Å². The molecule has 2 fully saturated rings. The molecule has 168 valence electrons. The summed E-state index contributed by atoms with van der Waals surface area (Å²) in [4.78, 5) is 38.3. The molecule has 5 rings (SSSR count). The average molecular weight is 438 g/mol. The number of esters is 1. The Balaban J connectivity index is 1.17. The van der Waals surface area contributed by atoms with Crippen LogP contribution in [0.25, 0.3) is 5.82 Å². The maximum absolute atomic E-state index is 13.3. The van der Waals surface area contributed by atoms with Gasteiger partial charge in [-0.15, -0.1) is 5.10 Å². The number of nitrogens with zero attached hydrogens (tertiary/aromatic N) is 8. The summed E-state index contributed by atoms with van der Waals surface area (Å²) in [6.07, 6.45) is 6.50. The zero-order valence-corrected chi connectivity index (χ0v) is 18.3. The lowest BCUT2D eigenvalue weighted by atomic mass is 9.77. The highest BCUT2D eigenvalue weighted by molar-refractivity contribution is 5.94. The minimum Gasteiger partial charge on any atom is -0.456 e. The molecule has 0 unspecified atom stereocenters. The number of likely N-dealkylation sites (tertiary alicyclic amines) is 2. The number of carbonyl (C=O) groups is 2. The molecule has 3 aliphatic rings. The molecule has 1 spiro atoms. The van der Waals surface area contributed by atoms with Crippen LogP contribution in [0.15, 0.2) is 23.8 Å². The molecule has 0 aliphatic carbocycles. The van der Waals surface area contributed by atoms with Crippen molar-refractivity contribution >= 4 is 11.9 Å². The van der Waals surface area contributed by atoms with Crippen LogP contribution in [0.4, 0.5) is 0 Å². The number of ether oxygens (including phenoxy) is 1.